The molecular formula is C12H12N2OS2. The fourth-order valence-corrected chi connectivity index (χ4v) is 2.88. The first-order valence-corrected chi connectivity index (χ1v) is 7.20. The van der Waals surface area contributed by atoms with Crippen molar-refractivity contribution in [3.8, 4) is 0 Å². The van der Waals surface area contributed by atoms with Crippen LogP contribution in [0.25, 0.3) is 0 Å². The number of benzene rings is 1. The molecule has 0 N–H and O–H groups in total. The molecule has 2 aromatic rings. The lowest BCUT2D eigenvalue weighted by Gasteiger charge is -1.99. The van der Waals surface area contributed by atoms with Crippen LogP contribution < -0.4 is 0 Å². The van der Waals surface area contributed by atoms with Crippen molar-refractivity contribution in [2.75, 3.05) is 5.75 Å². The minimum Gasteiger partial charge on any atom is -0.294 e. The van der Waals surface area contributed by atoms with Crippen LogP contribution in [-0.4, -0.2) is 21.7 Å². The van der Waals surface area contributed by atoms with Gasteiger partial charge in [-0.2, -0.15) is 0 Å². The zero-order chi connectivity index (χ0) is 11.9. The first-order chi connectivity index (χ1) is 8.36. The number of hydrogen-bond donors (Lipinski definition) is 0. The third-order valence-electron chi connectivity index (χ3n) is 2.21. The number of carbonyl (C=O) groups excluding carboxylic acids is 1. The summed E-state index contributed by atoms with van der Waals surface area (Å²) in [5.74, 6) is 1.12. The van der Waals surface area contributed by atoms with E-state index in [1.54, 1.807) is 17.3 Å². The first kappa shape index (κ1) is 12.3. The molecule has 0 spiro atoms. The van der Waals surface area contributed by atoms with Gasteiger partial charge in [0.1, 0.15) is 5.51 Å². The molecule has 1 aromatic carbocycles. The van der Waals surface area contributed by atoms with Gasteiger partial charge in [-0.3, -0.25) is 4.79 Å². The van der Waals surface area contributed by atoms with E-state index in [0.717, 1.165) is 22.1 Å². The predicted octanol–water partition coefficient (Wildman–Crippen LogP) is 3.29. The third kappa shape index (κ3) is 3.94. The van der Waals surface area contributed by atoms with Gasteiger partial charge in [-0.15, -0.1) is 10.2 Å². The molecule has 0 aliphatic heterocycles. The van der Waals surface area contributed by atoms with Crippen LogP contribution in [-0.2, 0) is 0 Å². The van der Waals surface area contributed by atoms with Crippen molar-refractivity contribution in [3.05, 3.63) is 41.4 Å². The summed E-state index contributed by atoms with van der Waals surface area (Å²) in [5, 5.41) is 7.70. The zero-order valence-corrected chi connectivity index (χ0v) is 10.8. The Morgan fingerprint density at radius 1 is 1.29 bits per heavy atom. The van der Waals surface area contributed by atoms with Crippen LogP contribution in [0.2, 0.25) is 0 Å². The van der Waals surface area contributed by atoms with E-state index >= 15 is 0 Å². The summed E-state index contributed by atoms with van der Waals surface area (Å²) in [6.45, 7) is 0. The second kappa shape index (κ2) is 6.51. The highest BCUT2D eigenvalue weighted by Crippen LogP contribution is 2.20. The number of carbonyl (C=O) groups is 1. The van der Waals surface area contributed by atoms with E-state index in [1.165, 1.54) is 11.3 Å². The summed E-state index contributed by atoms with van der Waals surface area (Å²) in [6.07, 6.45) is 1.47. The highest BCUT2D eigenvalue weighted by atomic mass is 32.2. The average Bonchev–Trinajstić information content (AvgIpc) is 2.88. The summed E-state index contributed by atoms with van der Waals surface area (Å²) in [6, 6.07) is 9.43. The van der Waals surface area contributed by atoms with Crippen molar-refractivity contribution in [3.63, 3.8) is 0 Å². The Bertz CT molecular complexity index is 457. The Balaban J connectivity index is 1.70. The number of hydrogen-bond acceptors (Lipinski definition) is 5. The number of nitrogens with zero attached hydrogens (tertiary/aromatic N) is 2. The molecule has 0 radical (unpaired) electrons. The van der Waals surface area contributed by atoms with Gasteiger partial charge in [0.25, 0.3) is 0 Å². The molecule has 0 unspecified atom stereocenters. The second-order valence-corrected chi connectivity index (χ2v) is 5.62. The van der Waals surface area contributed by atoms with Crippen molar-refractivity contribution in [1.29, 1.82) is 0 Å². The quantitative estimate of drug-likeness (QED) is 0.456. The number of ketones is 1. The van der Waals surface area contributed by atoms with Crippen molar-refractivity contribution >= 4 is 28.9 Å². The smallest absolute Gasteiger partial charge is 0.174 e. The van der Waals surface area contributed by atoms with Gasteiger partial charge in [0.15, 0.2) is 10.1 Å². The van der Waals surface area contributed by atoms with Gasteiger partial charge >= 0.3 is 0 Å². The minimum absolute atomic E-state index is 0.212. The molecule has 0 fully saturated rings. The molecule has 0 atom stereocenters. The van der Waals surface area contributed by atoms with Gasteiger partial charge in [0.2, 0.25) is 0 Å². The standard InChI is InChI=1S/C12H12N2OS2/c15-11(10-5-2-1-3-6-10)7-4-8-16-12-14-13-9-17-12/h1-3,5-6,9H,4,7-8H2. The maximum atomic E-state index is 11.8. The van der Waals surface area contributed by atoms with Crippen molar-refractivity contribution < 1.29 is 4.79 Å². The molecule has 0 amide bonds. The molecule has 3 nitrogen and oxygen atoms in total. The summed E-state index contributed by atoms with van der Waals surface area (Å²) in [7, 11) is 0. The molecule has 88 valence electrons. The third-order valence-corrected chi connectivity index (χ3v) is 4.16. The molecule has 0 bridgehead atoms. The Morgan fingerprint density at radius 2 is 2.12 bits per heavy atom. The Morgan fingerprint density at radius 3 is 2.82 bits per heavy atom. The molecule has 1 heterocycles. The molecular weight excluding hydrogens is 252 g/mol. The van der Waals surface area contributed by atoms with Crippen LogP contribution in [0.5, 0.6) is 0 Å². The number of aromatic nitrogens is 2. The van der Waals surface area contributed by atoms with E-state index in [2.05, 4.69) is 10.2 Å². The first-order valence-electron chi connectivity index (χ1n) is 5.33. The van der Waals surface area contributed by atoms with Crippen LogP contribution in [0.4, 0.5) is 0 Å². The molecule has 5 heteroatoms. The van der Waals surface area contributed by atoms with Crippen molar-refractivity contribution in [1.82, 2.24) is 10.2 Å². The van der Waals surface area contributed by atoms with Crippen molar-refractivity contribution in [2.45, 2.75) is 17.2 Å². The SMILES string of the molecule is O=C(CCCSc1nncs1)c1ccccc1. The lowest BCUT2D eigenvalue weighted by molar-refractivity contribution is 0.0982. The van der Waals surface area contributed by atoms with E-state index in [4.69, 9.17) is 0 Å². The lowest BCUT2D eigenvalue weighted by atomic mass is 10.1. The molecule has 0 saturated carbocycles. The lowest BCUT2D eigenvalue weighted by Crippen LogP contribution is -1.98. The van der Waals surface area contributed by atoms with E-state index < -0.39 is 0 Å². The second-order valence-electron chi connectivity index (χ2n) is 3.45. The van der Waals surface area contributed by atoms with Gasteiger partial charge < -0.3 is 0 Å². The summed E-state index contributed by atoms with van der Waals surface area (Å²) in [5.41, 5.74) is 2.52. The van der Waals surface area contributed by atoms with Gasteiger partial charge in [-0.25, -0.2) is 0 Å². The number of rotatable bonds is 6. The van der Waals surface area contributed by atoms with Gasteiger partial charge in [-0.1, -0.05) is 53.4 Å². The van der Waals surface area contributed by atoms with E-state index in [1.807, 2.05) is 30.3 Å². The number of Topliss-reactive ketones (excluding diaryl/α,β-unsaturated/α-hetero) is 1. The average molecular weight is 264 g/mol. The highest BCUT2D eigenvalue weighted by Gasteiger charge is 2.05. The summed E-state index contributed by atoms with van der Waals surface area (Å²) >= 11 is 3.19. The molecule has 0 aliphatic carbocycles. The Hall–Kier alpha value is -1.20. The minimum atomic E-state index is 0.212. The van der Waals surface area contributed by atoms with Crippen molar-refractivity contribution in [2.24, 2.45) is 0 Å². The maximum absolute atomic E-state index is 11.8. The maximum Gasteiger partial charge on any atom is 0.174 e. The largest absolute Gasteiger partial charge is 0.294 e. The monoisotopic (exact) mass is 264 g/mol. The fourth-order valence-electron chi connectivity index (χ4n) is 1.39. The molecule has 1 aromatic heterocycles. The van der Waals surface area contributed by atoms with Crippen LogP contribution in [0.15, 0.2) is 40.2 Å². The number of thioether (sulfide) groups is 1. The molecule has 17 heavy (non-hydrogen) atoms. The van der Waals surface area contributed by atoms with Gasteiger partial charge in [0.05, 0.1) is 0 Å². The zero-order valence-electron chi connectivity index (χ0n) is 9.20. The molecule has 0 saturated heterocycles. The predicted molar refractivity (Wildman–Crippen MR) is 70.6 cm³/mol. The Kier molecular flexibility index (Phi) is 4.70. The van der Waals surface area contributed by atoms with E-state index in [9.17, 15) is 4.79 Å². The molecule has 2 rings (SSSR count). The highest BCUT2D eigenvalue weighted by molar-refractivity contribution is 8.00. The summed E-state index contributed by atoms with van der Waals surface area (Å²) < 4.78 is 0.970. The topological polar surface area (TPSA) is 42.9 Å². The summed E-state index contributed by atoms with van der Waals surface area (Å²) in [4.78, 5) is 11.8. The van der Waals surface area contributed by atoms with Crippen LogP contribution in [0, 0.1) is 0 Å². The van der Waals surface area contributed by atoms with Crippen LogP contribution >= 0.6 is 23.1 Å². The van der Waals surface area contributed by atoms with Crippen LogP contribution in [0.1, 0.15) is 23.2 Å². The van der Waals surface area contributed by atoms with E-state index in [-0.39, 0.29) is 5.78 Å². The Labute approximate surface area is 108 Å². The van der Waals surface area contributed by atoms with E-state index in [0.29, 0.717) is 6.42 Å². The van der Waals surface area contributed by atoms with Crippen LogP contribution in [0.3, 0.4) is 0 Å². The normalized spacial score (nSPS) is 10.4. The molecule has 0 aliphatic rings. The fraction of sp³-hybridized carbons (Fsp3) is 0.250. The van der Waals surface area contributed by atoms with Gasteiger partial charge in [-0.05, 0) is 6.42 Å². The van der Waals surface area contributed by atoms with Gasteiger partial charge in [0, 0.05) is 17.7 Å².